The first kappa shape index (κ1) is 24.3. The zero-order valence-corrected chi connectivity index (χ0v) is 18.5. The van der Waals surface area contributed by atoms with Crippen LogP contribution in [-0.2, 0) is 22.4 Å². The summed E-state index contributed by atoms with van der Waals surface area (Å²) in [4.78, 5) is 10.5. The van der Waals surface area contributed by atoms with E-state index in [4.69, 9.17) is 4.74 Å². The average molecular weight is 393 g/mol. The summed E-state index contributed by atoms with van der Waals surface area (Å²) >= 11 is 0. The molecule has 4 heteroatoms. The van der Waals surface area contributed by atoms with Gasteiger partial charge in [-0.15, -0.1) is 0 Å². The highest BCUT2D eigenvalue weighted by Crippen LogP contribution is 2.33. The summed E-state index contributed by atoms with van der Waals surface area (Å²) in [6.07, 6.45) is 9.73. The first-order valence-electron chi connectivity index (χ1n) is 10.7. The molecule has 0 saturated carbocycles. The second-order valence-corrected chi connectivity index (χ2v) is 9.73. The molecule has 0 fully saturated rings. The molecule has 1 rings (SSSR count). The molecule has 0 bridgehead atoms. The fourth-order valence-corrected chi connectivity index (χ4v) is 3.49. The Morgan fingerprint density at radius 3 is 2.07 bits per heavy atom. The van der Waals surface area contributed by atoms with Crippen LogP contribution < -0.4 is 0 Å². The summed E-state index contributed by atoms with van der Waals surface area (Å²) in [7, 11) is 0. The molecule has 4 nitrogen and oxygen atoms in total. The van der Waals surface area contributed by atoms with E-state index in [1.807, 2.05) is 19.9 Å². The van der Waals surface area contributed by atoms with Crippen molar-refractivity contribution in [2.24, 2.45) is 5.41 Å². The zero-order chi connectivity index (χ0) is 21.2. The maximum absolute atomic E-state index is 10.6. The largest absolute Gasteiger partial charge is 0.508 e. The summed E-state index contributed by atoms with van der Waals surface area (Å²) in [5.41, 5.74) is 1.54. The number of aryl methyl sites for hydroxylation is 1. The molecule has 0 amide bonds. The monoisotopic (exact) mass is 392 g/mol. The Bertz CT molecular complexity index is 599. The Morgan fingerprint density at radius 1 is 0.857 bits per heavy atom. The SMILES string of the molecule is CC(C)(C)CCCCCc1ccc(O)c(CCCCCC(C)(C)OC=O)c1O. The molecule has 0 aliphatic heterocycles. The van der Waals surface area contributed by atoms with Gasteiger partial charge in [0.25, 0.3) is 6.47 Å². The van der Waals surface area contributed by atoms with Crippen molar-refractivity contribution in [2.75, 3.05) is 0 Å². The Labute approximate surface area is 171 Å². The molecule has 0 heterocycles. The minimum absolute atomic E-state index is 0.179. The number of phenolic OH excluding ortho intramolecular Hbond substituents is 2. The summed E-state index contributed by atoms with van der Waals surface area (Å²) in [5.74, 6) is 0.444. The lowest BCUT2D eigenvalue weighted by molar-refractivity contribution is -0.140. The molecule has 0 aliphatic rings. The molecule has 160 valence electrons. The van der Waals surface area contributed by atoms with Crippen molar-refractivity contribution in [3.63, 3.8) is 0 Å². The number of ether oxygens (including phenoxy) is 1. The van der Waals surface area contributed by atoms with Crippen LogP contribution in [0.25, 0.3) is 0 Å². The number of benzene rings is 1. The lowest BCUT2D eigenvalue weighted by atomic mass is 9.89. The van der Waals surface area contributed by atoms with Crippen molar-refractivity contribution in [1.29, 1.82) is 0 Å². The summed E-state index contributed by atoms with van der Waals surface area (Å²) in [5, 5.41) is 20.7. The minimum Gasteiger partial charge on any atom is -0.508 e. The summed E-state index contributed by atoms with van der Waals surface area (Å²) < 4.78 is 5.06. The fraction of sp³-hybridized carbons (Fsp3) is 0.708. The van der Waals surface area contributed by atoms with E-state index in [1.54, 1.807) is 6.07 Å². The molecular weight excluding hydrogens is 352 g/mol. The normalized spacial score (nSPS) is 12.2. The van der Waals surface area contributed by atoms with Crippen LogP contribution in [0.3, 0.4) is 0 Å². The van der Waals surface area contributed by atoms with E-state index in [1.165, 1.54) is 12.8 Å². The number of carbonyl (C=O) groups excluding carboxylic acids is 1. The summed E-state index contributed by atoms with van der Waals surface area (Å²) in [6.45, 7) is 11.1. The molecule has 0 radical (unpaired) electrons. The first-order valence-corrected chi connectivity index (χ1v) is 10.7. The van der Waals surface area contributed by atoms with Crippen molar-refractivity contribution in [3.8, 4) is 11.5 Å². The van der Waals surface area contributed by atoms with Crippen LogP contribution in [-0.4, -0.2) is 22.3 Å². The molecule has 2 N–H and O–H groups in total. The van der Waals surface area contributed by atoms with E-state index in [9.17, 15) is 15.0 Å². The van der Waals surface area contributed by atoms with Crippen LogP contribution in [0.4, 0.5) is 0 Å². The van der Waals surface area contributed by atoms with Gasteiger partial charge in [0.2, 0.25) is 0 Å². The Balaban J connectivity index is 2.45. The number of unbranched alkanes of at least 4 members (excludes halogenated alkanes) is 4. The second kappa shape index (κ2) is 11.3. The maximum Gasteiger partial charge on any atom is 0.293 e. The number of hydrogen-bond donors (Lipinski definition) is 2. The van der Waals surface area contributed by atoms with Gasteiger partial charge in [-0.3, -0.25) is 4.79 Å². The predicted octanol–water partition coefficient (Wildman–Crippen LogP) is 6.30. The molecule has 0 aliphatic carbocycles. The lowest BCUT2D eigenvalue weighted by Gasteiger charge is -2.22. The topological polar surface area (TPSA) is 66.8 Å². The first-order chi connectivity index (χ1) is 13.1. The van der Waals surface area contributed by atoms with E-state index in [0.717, 1.165) is 50.5 Å². The number of aromatic hydroxyl groups is 2. The van der Waals surface area contributed by atoms with Gasteiger partial charge < -0.3 is 14.9 Å². The predicted molar refractivity (Wildman–Crippen MR) is 115 cm³/mol. The number of hydrogen-bond acceptors (Lipinski definition) is 4. The minimum atomic E-state index is -0.432. The number of carbonyl (C=O) groups is 1. The van der Waals surface area contributed by atoms with Crippen LogP contribution in [0.5, 0.6) is 11.5 Å². The van der Waals surface area contributed by atoms with Crippen LogP contribution in [0.2, 0.25) is 0 Å². The van der Waals surface area contributed by atoms with Crippen molar-refractivity contribution in [2.45, 2.75) is 104 Å². The standard InChI is InChI=1S/C24H40O4/c1-23(2,3)16-10-6-8-12-19-14-15-21(26)20(22(19)27)13-9-7-11-17-24(4,5)28-18-25/h14-15,18,26-27H,6-13,16-17H2,1-5H3. The van der Waals surface area contributed by atoms with Gasteiger partial charge in [0.1, 0.15) is 17.1 Å². The van der Waals surface area contributed by atoms with Gasteiger partial charge in [0.15, 0.2) is 0 Å². The van der Waals surface area contributed by atoms with E-state index < -0.39 is 5.60 Å². The van der Waals surface area contributed by atoms with E-state index in [-0.39, 0.29) is 11.5 Å². The van der Waals surface area contributed by atoms with Gasteiger partial charge in [-0.25, -0.2) is 0 Å². The van der Waals surface area contributed by atoms with Crippen molar-refractivity contribution < 1.29 is 19.7 Å². The number of rotatable bonds is 13. The molecule has 28 heavy (non-hydrogen) atoms. The molecule has 1 aromatic rings. The highest BCUT2D eigenvalue weighted by molar-refractivity contribution is 5.48. The molecule has 0 saturated heterocycles. The second-order valence-electron chi connectivity index (χ2n) is 9.73. The molecule has 0 spiro atoms. The zero-order valence-electron chi connectivity index (χ0n) is 18.5. The van der Waals surface area contributed by atoms with Crippen LogP contribution in [0.1, 0.15) is 97.1 Å². The Kier molecular flexibility index (Phi) is 9.84. The lowest BCUT2D eigenvalue weighted by Crippen LogP contribution is -2.23. The quantitative estimate of drug-likeness (QED) is 0.305. The Hall–Kier alpha value is -1.71. The highest BCUT2D eigenvalue weighted by atomic mass is 16.5. The molecule has 1 aromatic carbocycles. The fourth-order valence-electron chi connectivity index (χ4n) is 3.49. The third-order valence-electron chi connectivity index (χ3n) is 5.29. The highest BCUT2D eigenvalue weighted by Gasteiger charge is 2.18. The molecule has 0 aromatic heterocycles. The Morgan fingerprint density at radius 2 is 1.46 bits per heavy atom. The third-order valence-corrected chi connectivity index (χ3v) is 5.29. The third kappa shape index (κ3) is 9.48. The van der Waals surface area contributed by atoms with Crippen molar-refractivity contribution >= 4 is 6.47 Å². The van der Waals surface area contributed by atoms with Gasteiger partial charge in [-0.1, -0.05) is 46.1 Å². The van der Waals surface area contributed by atoms with Gasteiger partial charge in [-0.05, 0) is 75.8 Å². The average Bonchev–Trinajstić information content (AvgIpc) is 2.57. The van der Waals surface area contributed by atoms with Gasteiger partial charge in [-0.2, -0.15) is 0 Å². The van der Waals surface area contributed by atoms with Gasteiger partial charge in [0, 0.05) is 5.56 Å². The molecular formula is C24H40O4. The maximum atomic E-state index is 10.6. The smallest absolute Gasteiger partial charge is 0.293 e. The molecule has 0 atom stereocenters. The van der Waals surface area contributed by atoms with E-state index >= 15 is 0 Å². The summed E-state index contributed by atoms with van der Waals surface area (Å²) in [6, 6.07) is 3.55. The van der Waals surface area contributed by atoms with Gasteiger partial charge >= 0.3 is 0 Å². The number of phenols is 2. The van der Waals surface area contributed by atoms with Crippen LogP contribution in [0.15, 0.2) is 12.1 Å². The van der Waals surface area contributed by atoms with Gasteiger partial charge in [0.05, 0.1) is 0 Å². The van der Waals surface area contributed by atoms with Crippen molar-refractivity contribution in [3.05, 3.63) is 23.3 Å². The van der Waals surface area contributed by atoms with Crippen LogP contribution in [0, 0.1) is 5.41 Å². The molecule has 0 unspecified atom stereocenters. The van der Waals surface area contributed by atoms with E-state index in [0.29, 0.717) is 23.9 Å². The van der Waals surface area contributed by atoms with Crippen molar-refractivity contribution in [1.82, 2.24) is 0 Å². The van der Waals surface area contributed by atoms with E-state index in [2.05, 4.69) is 20.8 Å². The van der Waals surface area contributed by atoms with Crippen LogP contribution >= 0.6 is 0 Å².